The van der Waals surface area contributed by atoms with Gasteiger partial charge < -0.3 is 30.0 Å². The van der Waals surface area contributed by atoms with E-state index in [0.717, 1.165) is 66.8 Å². The fourth-order valence-corrected chi connectivity index (χ4v) is 22.5. The molecule has 0 bridgehead atoms. The average molecular weight is 1820 g/mol. The van der Waals surface area contributed by atoms with Crippen molar-refractivity contribution in [3.63, 3.8) is 0 Å². The van der Waals surface area contributed by atoms with Gasteiger partial charge in [0, 0.05) is 5.56 Å². The van der Waals surface area contributed by atoms with Crippen LogP contribution in [0.4, 0.5) is 0 Å². The van der Waals surface area contributed by atoms with E-state index in [9.17, 15) is 39.6 Å². The maximum absolute atomic E-state index is 12.1. The molecule has 0 aromatic heterocycles. The second-order valence-electron chi connectivity index (χ2n) is 38.4. The minimum Gasteiger partial charge on any atom is -0.545 e. The molecule has 0 amide bonds. The zero-order chi connectivity index (χ0) is 97.3. The van der Waals surface area contributed by atoms with Crippen LogP contribution in [-0.2, 0) is 0 Å². The molecule has 0 unspecified atom stereocenters. The van der Waals surface area contributed by atoms with E-state index in [4.69, 9.17) is 0 Å². The smallest absolute Gasteiger partial charge is 0.545 e. The SMILES string of the molecule is Cc1cc(C)c(B(c2c(C)cc(C)cc2C)c2c(C)c(C)c(C(=O)O)c(C)c2C)c(C)c1.Cc1cc(C)c(B(c2c(C)cc(C)cc2C)c2c(C)c(C)c(C(=O)[O-])c(C)c2C)c(C)c1.Cc1cc(C)c(B(c2ccc(-c3ccc(C(=O)O)cc3)cc2)c2c(C)cc(C)cc2C)c(C)c1.Cc1cc(C)c(B(c2ccc(-c3ccc(C(=O)[O-])cc3)cc2)c2c(C)cc(C)cc2C)c(C)c1.[K+].[K+]. The van der Waals surface area contributed by atoms with Crippen molar-refractivity contribution in [2.24, 2.45) is 0 Å². The van der Waals surface area contributed by atoms with Gasteiger partial charge in [-0.25, -0.2) is 9.59 Å². The minimum absolute atomic E-state index is 0. The summed E-state index contributed by atoms with van der Waals surface area (Å²) in [4.78, 5) is 46.3. The third kappa shape index (κ3) is 23.3. The van der Waals surface area contributed by atoms with Gasteiger partial charge in [-0.1, -0.05) is 403 Å². The van der Waals surface area contributed by atoms with Gasteiger partial charge in [0.1, 0.15) is 0 Å². The van der Waals surface area contributed by atoms with E-state index in [2.05, 4.69) is 339 Å². The summed E-state index contributed by atoms with van der Waals surface area (Å²) < 4.78 is 0. The van der Waals surface area contributed by atoms with Crippen molar-refractivity contribution in [1.82, 2.24) is 0 Å². The van der Waals surface area contributed by atoms with Crippen LogP contribution in [-0.4, -0.2) is 60.9 Å². The number of carbonyl (C=O) groups is 4. The summed E-state index contributed by atoms with van der Waals surface area (Å²) in [5.41, 5.74) is 59.6. The fourth-order valence-electron chi connectivity index (χ4n) is 22.5. The standard InChI is InChI=1S/2C31H31BO2.2C29H35BO2.2K/c2*1-19-15-21(3)29(22(4)16-19)32(30-23(5)17-20(2)18-24(30)6)28-13-11-26(12-14-28)25-7-9-27(10-8-25)31(33)34;2*1-15-11-17(3)26(18(4)12-15)30(27-19(5)13-16(2)14-20(27)6)28-23(9)21(7)25(29(31)32)22(8)24(28)10;;/h2*7-18H,1-6H3,(H,33,34);2*11-14H,1-10H3,(H,31,32);;/q;;;;2*+1/p-2. The predicted octanol–water partition coefficient (Wildman–Crippen LogP) is 12.1. The van der Waals surface area contributed by atoms with E-state index in [-0.39, 0.29) is 135 Å². The zero-order valence-corrected chi connectivity index (χ0v) is 92.4. The van der Waals surface area contributed by atoms with Crippen LogP contribution in [0, 0.1) is 222 Å². The Hall–Kier alpha value is -9.51. The number of hydrogen-bond donors (Lipinski definition) is 2. The molecular weight excluding hydrogens is 1690 g/mol. The molecule has 0 aliphatic carbocycles. The summed E-state index contributed by atoms with van der Waals surface area (Å²) in [6.07, 6.45) is 0. The molecule has 672 valence electrons. The molecule has 14 rings (SSSR count). The first kappa shape index (κ1) is 108. The van der Waals surface area contributed by atoms with Crippen LogP contribution in [0.25, 0.3) is 22.3 Å². The molecule has 2 N–H and O–H groups in total. The number of carboxylic acid groups (broad SMARTS) is 4. The van der Waals surface area contributed by atoms with Gasteiger partial charge in [-0.3, -0.25) is 0 Å². The van der Waals surface area contributed by atoms with E-state index >= 15 is 0 Å². The summed E-state index contributed by atoms with van der Waals surface area (Å²) in [6, 6.07) is 67.7. The quantitative estimate of drug-likeness (QED) is 0.0805. The number of hydrogen-bond acceptors (Lipinski definition) is 6. The van der Waals surface area contributed by atoms with E-state index in [1.165, 1.54) is 199 Å². The molecular formula is C120H130B4K2O8. The second kappa shape index (κ2) is 45.2. The van der Waals surface area contributed by atoms with Crippen molar-refractivity contribution >= 4 is 116 Å². The predicted molar refractivity (Wildman–Crippen MR) is 561 cm³/mol. The van der Waals surface area contributed by atoms with Gasteiger partial charge in [0.25, 0.3) is 0 Å². The van der Waals surface area contributed by atoms with Crippen LogP contribution in [0.2, 0.25) is 0 Å². The Morgan fingerprint density at radius 2 is 0.358 bits per heavy atom. The number of carbonyl (C=O) groups excluding carboxylic acids is 2. The number of aryl methyl sites for hydroxylation is 24. The average Bonchev–Trinajstić information content (AvgIpc) is 0.846. The van der Waals surface area contributed by atoms with Crippen LogP contribution in [0.15, 0.2) is 194 Å². The first-order valence-electron chi connectivity index (χ1n) is 46.2. The van der Waals surface area contributed by atoms with E-state index < -0.39 is 23.9 Å². The molecule has 0 saturated heterocycles. The van der Waals surface area contributed by atoms with Crippen LogP contribution in [0.1, 0.15) is 219 Å². The Labute approximate surface area is 886 Å². The van der Waals surface area contributed by atoms with Crippen LogP contribution < -0.4 is 179 Å². The maximum Gasteiger partial charge on any atom is 1.00 e. The van der Waals surface area contributed by atoms with E-state index in [1.807, 2.05) is 52.0 Å². The molecule has 14 aromatic carbocycles. The molecule has 134 heavy (non-hydrogen) atoms. The van der Waals surface area contributed by atoms with Gasteiger partial charge >= 0.3 is 115 Å². The van der Waals surface area contributed by atoms with Crippen molar-refractivity contribution in [2.45, 2.75) is 222 Å². The minimum atomic E-state index is -1.16. The summed E-state index contributed by atoms with van der Waals surface area (Å²) in [5.74, 6) is -4.01. The van der Waals surface area contributed by atoms with Crippen molar-refractivity contribution in [3.05, 3.63) is 394 Å². The summed E-state index contributed by atoms with van der Waals surface area (Å²) >= 11 is 0. The number of carboxylic acids is 4. The molecule has 0 radical (unpaired) electrons. The third-order valence-electron chi connectivity index (χ3n) is 28.0. The summed E-state index contributed by atoms with van der Waals surface area (Å²) in [5, 5.41) is 42.1. The first-order valence-corrected chi connectivity index (χ1v) is 46.2. The summed E-state index contributed by atoms with van der Waals surface area (Å²) in [7, 11) is 0. The fraction of sp³-hybridized carbons (Fsp3) is 0.267. The first-order chi connectivity index (χ1) is 62.0. The number of aromatic carboxylic acids is 4. The Balaban J connectivity index is 0.000000200. The van der Waals surface area contributed by atoms with Gasteiger partial charge in [-0.2, -0.15) is 0 Å². The van der Waals surface area contributed by atoms with Crippen molar-refractivity contribution in [2.75, 3.05) is 0 Å². The van der Waals surface area contributed by atoms with Crippen LogP contribution in [0.5, 0.6) is 0 Å². The van der Waals surface area contributed by atoms with Gasteiger partial charge in [0.15, 0.2) is 0 Å². The van der Waals surface area contributed by atoms with Gasteiger partial charge in [-0.05, 0) is 284 Å². The largest absolute Gasteiger partial charge is 1.00 e. The van der Waals surface area contributed by atoms with Crippen LogP contribution in [0.3, 0.4) is 0 Å². The molecule has 0 aliphatic heterocycles. The number of rotatable bonds is 18. The third-order valence-corrected chi connectivity index (χ3v) is 28.0. The van der Waals surface area contributed by atoms with E-state index in [1.54, 1.807) is 24.3 Å². The monoisotopic (exact) mass is 1820 g/mol. The molecule has 0 fully saturated rings. The number of benzene rings is 14. The molecule has 14 aromatic rings. The molecule has 0 spiro atoms. The van der Waals surface area contributed by atoms with Crippen molar-refractivity contribution in [3.8, 4) is 22.3 Å². The van der Waals surface area contributed by atoms with Crippen molar-refractivity contribution in [1.29, 1.82) is 0 Å². The molecule has 14 heteroatoms. The Bertz CT molecular complexity index is 6010. The van der Waals surface area contributed by atoms with E-state index in [0.29, 0.717) is 16.7 Å². The van der Waals surface area contributed by atoms with Gasteiger partial charge in [0.05, 0.1) is 23.1 Å². The molecule has 0 atom stereocenters. The molecule has 0 aliphatic rings. The van der Waals surface area contributed by atoms with Crippen LogP contribution >= 0.6 is 0 Å². The molecule has 8 nitrogen and oxygen atoms in total. The zero-order valence-electron chi connectivity index (χ0n) is 86.1. The maximum atomic E-state index is 12.1. The molecule has 0 saturated carbocycles. The van der Waals surface area contributed by atoms with Crippen molar-refractivity contribution < 1.29 is 142 Å². The Morgan fingerprint density at radius 1 is 0.194 bits per heavy atom. The Morgan fingerprint density at radius 3 is 0.522 bits per heavy atom. The van der Waals surface area contributed by atoms with Gasteiger partial charge in [0.2, 0.25) is 26.9 Å². The molecule has 0 heterocycles. The van der Waals surface area contributed by atoms with Gasteiger partial charge in [-0.15, -0.1) is 0 Å². The second-order valence-corrected chi connectivity index (χ2v) is 38.4. The Kier molecular flexibility index (Phi) is 36.5. The summed E-state index contributed by atoms with van der Waals surface area (Å²) in [6.45, 7) is 69.0. The normalized spacial score (nSPS) is 10.8. The topological polar surface area (TPSA) is 155 Å².